The minimum absolute atomic E-state index is 0.0802. The smallest absolute Gasteiger partial charge is 0.271 e. The minimum atomic E-state index is -0.213. The Morgan fingerprint density at radius 1 is 1.33 bits per heavy atom. The van der Waals surface area contributed by atoms with Crippen molar-refractivity contribution in [2.75, 3.05) is 19.0 Å². The molecular weight excluding hydrogens is 292 g/mol. The first-order chi connectivity index (χ1) is 10.2. The third-order valence-corrected chi connectivity index (χ3v) is 3.77. The average molecular weight is 311 g/mol. The molecule has 0 bridgehead atoms. The Morgan fingerprint density at radius 3 is 2.71 bits per heavy atom. The number of carbonyl (C=O) groups is 2. The molecule has 0 unspecified atom stereocenters. The monoisotopic (exact) mass is 310 g/mol. The molecule has 0 aromatic carbocycles. The lowest BCUT2D eigenvalue weighted by molar-refractivity contribution is -0.132. The van der Waals surface area contributed by atoms with Crippen LogP contribution < -0.4 is 5.32 Å². The number of nitrogens with one attached hydrogen (secondary N) is 1. The summed E-state index contributed by atoms with van der Waals surface area (Å²) in [5, 5.41) is 2.94. The van der Waals surface area contributed by atoms with Gasteiger partial charge in [0.15, 0.2) is 0 Å². The number of rotatable bonds is 5. The summed E-state index contributed by atoms with van der Waals surface area (Å²) in [5.74, 6) is 0.445. The fourth-order valence-electron chi connectivity index (χ4n) is 2.33. The van der Waals surface area contributed by atoms with Crippen LogP contribution in [0.2, 0.25) is 0 Å². The van der Waals surface area contributed by atoms with Gasteiger partial charge in [-0.2, -0.15) is 0 Å². The Morgan fingerprint density at radius 2 is 2.10 bits per heavy atom. The van der Waals surface area contributed by atoms with Crippen LogP contribution >= 0.6 is 11.6 Å². The van der Waals surface area contributed by atoms with Gasteiger partial charge in [0, 0.05) is 43.8 Å². The van der Waals surface area contributed by atoms with E-state index in [9.17, 15) is 9.59 Å². The van der Waals surface area contributed by atoms with Gasteiger partial charge in [-0.1, -0.05) is 0 Å². The quantitative estimate of drug-likeness (QED) is 0.830. The Bertz CT molecular complexity index is 475. The van der Waals surface area contributed by atoms with Crippen molar-refractivity contribution in [3.63, 3.8) is 0 Å². The molecule has 6 nitrogen and oxygen atoms in total. The molecule has 1 saturated heterocycles. The van der Waals surface area contributed by atoms with E-state index < -0.39 is 0 Å². The molecule has 1 aromatic heterocycles. The van der Waals surface area contributed by atoms with Gasteiger partial charge in [0.2, 0.25) is 5.91 Å². The molecule has 1 aliphatic heterocycles. The van der Waals surface area contributed by atoms with E-state index in [1.807, 2.05) is 4.90 Å². The molecule has 1 N–H and O–H groups in total. The Labute approximate surface area is 128 Å². The molecule has 1 aliphatic rings. The fraction of sp³-hybridized carbons (Fsp3) is 0.571. The minimum Gasteiger partial charge on any atom is -0.348 e. The Balaban J connectivity index is 1.77. The summed E-state index contributed by atoms with van der Waals surface area (Å²) in [5.41, 5.74) is 0.318. The van der Waals surface area contributed by atoms with Crippen molar-refractivity contribution < 1.29 is 9.59 Å². The Hall–Kier alpha value is -1.69. The van der Waals surface area contributed by atoms with Gasteiger partial charge in [0.05, 0.1) is 6.20 Å². The number of likely N-dealkylation sites (tertiary alicyclic amines) is 1. The van der Waals surface area contributed by atoms with Crippen LogP contribution in [0.25, 0.3) is 0 Å². The number of carbonyl (C=O) groups excluding carboxylic acids is 2. The zero-order valence-electron chi connectivity index (χ0n) is 11.8. The average Bonchev–Trinajstić information content (AvgIpc) is 2.54. The van der Waals surface area contributed by atoms with Gasteiger partial charge in [-0.3, -0.25) is 14.6 Å². The summed E-state index contributed by atoms with van der Waals surface area (Å²) >= 11 is 5.59. The predicted molar refractivity (Wildman–Crippen MR) is 79.1 cm³/mol. The molecule has 21 heavy (non-hydrogen) atoms. The molecule has 2 heterocycles. The number of alkyl halides is 1. The van der Waals surface area contributed by atoms with Crippen LogP contribution in [-0.4, -0.2) is 51.7 Å². The highest BCUT2D eigenvalue weighted by molar-refractivity contribution is 6.17. The summed E-state index contributed by atoms with van der Waals surface area (Å²) in [4.78, 5) is 33.5. The zero-order valence-corrected chi connectivity index (χ0v) is 12.6. The summed E-state index contributed by atoms with van der Waals surface area (Å²) in [7, 11) is 0. The van der Waals surface area contributed by atoms with Gasteiger partial charge in [0.1, 0.15) is 5.69 Å². The second-order valence-corrected chi connectivity index (χ2v) is 5.39. The maximum Gasteiger partial charge on any atom is 0.271 e. The van der Waals surface area contributed by atoms with Gasteiger partial charge < -0.3 is 10.2 Å². The maximum absolute atomic E-state index is 12.0. The number of aromatic nitrogens is 2. The highest BCUT2D eigenvalue weighted by Crippen LogP contribution is 2.12. The van der Waals surface area contributed by atoms with E-state index >= 15 is 0 Å². The van der Waals surface area contributed by atoms with Crippen LogP contribution in [0.1, 0.15) is 36.2 Å². The largest absolute Gasteiger partial charge is 0.348 e. The molecule has 2 rings (SSSR count). The van der Waals surface area contributed by atoms with E-state index in [-0.39, 0.29) is 17.9 Å². The van der Waals surface area contributed by atoms with E-state index in [1.54, 1.807) is 0 Å². The second kappa shape index (κ2) is 7.93. The van der Waals surface area contributed by atoms with Crippen LogP contribution in [0.15, 0.2) is 18.6 Å². The molecule has 114 valence electrons. The number of hydrogen-bond acceptors (Lipinski definition) is 4. The number of piperidine rings is 1. The molecule has 0 saturated carbocycles. The van der Waals surface area contributed by atoms with E-state index in [0.717, 1.165) is 12.8 Å². The third-order valence-electron chi connectivity index (χ3n) is 3.50. The second-order valence-electron chi connectivity index (χ2n) is 5.01. The van der Waals surface area contributed by atoms with Gasteiger partial charge in [0.25, 0.3) is 5.91 Å². The molecule has 1 aromatic rings. The maximum atomic E-state index is 12.0. The highest BCUT2D eigenvalue weighted by Gasteiger charge is 2.24. The lowest BCUT2D eigenvalue weighted by Crippen LogP contribution is -2.46. The van der Waals surface area contributed by atoms with Gasteiger partial charge in [-0.05, 0) is 19.3 Å². The van der Waals surface area contributed by atoms with Crippen molar-refractivity contribution in [1.82, 2.24) is 20.2 Å². The number of hydrogen-bond donors (Lipinski definition) is 1. The van der Waals surface area contributed by atoms with Crippen molar-refractivity contribution >= 4 is 23.4 Å². The molecule has 0 atom stereocenters. The number of amides is 2. The summed E-state index contributed by atoms with van der Waals surface area (Å²) in [6.45, 7) is 1.35. The van der Waals surface area contributed by atoms with E-state index in [0.29, 0.717) is 37.5 Å². The Kier molecular flexibility index (Phi) is 5.92. The highest BCUT2D eigenvalue weighted by atomic mass is 35.5. The van der Waals surface area contributed by atoms with E-state index in [4.69, 9.17) is 11.6 Å². The van der Waals surface area contributed by atoms with Crippen LogP contribution in [0.5, 0.6) is 0 Å². The summed E-state index contributed by atoms with van der Waals surface area (Å²) in [6.07, 6.45) is 7.20. The molecule has 0 aliphatic carbocycles. The van der Waals surface area contributed by atoms with Gasteiger partial charge in [-0.15, -0.1) is 11.6 Å². The van der Waals surface area contributed by atoms with Crippen LogP contribution in [0.4, 0.5) is 0 Å². The van der Waals surface area contributed by atoms with Crippen LogP contribution in [0.3, 0.4) is 0 Å². The molecule has 1 fully saturated rings. The molecule has 7 heteroatoms. The van der Waals surface area contributed by atoms with Crippen LogP contribution in [-0.2, 0) is 4.79 Å². The van der Waals surface area contributed by atoms with Crippen LogP contribution in [0, 0.1) is 0 Å². The van der Waals surface area contributed by atoms with Gasteiger partial charge >= 0.3 is 0 Å². The first-order valence-electron chi connectivity index (χ1n) is 7.11. The topological polar surface area (TPSA) is 75.2 Å². The summed E-state index contributed by atoms with van der Waals surface area (Å²) in [6, 6.07) is 0.0802. The molecule has 0 spiro atoms. The molecule has 0 radical (unpaired) electrons. The fourth-order valence-corrected chi connectivity index (χ4v) is 2.46. The predicted octanol–water partition coefficient (Wildman–Crippen LogP) is 1.22. The number of nitrogens with zero attached hydrogens (tertiary/aromatic N) is 3. The first kappa shape index (κ1) is 15.7. The lowest BCUT2D eigenvalue weighted by Gasteiger charge is -2.32. The molecule has 2 amide bonds. The van der Waals surface area contributed by atoms with Crippen molar-refractivity contribution in [2.45, 2.75) is 31.7 Å². The van der Waals surface area contributed by atoms with Gasteiger partial charge in [-0.25, -0.2) is 4.98 Å². The normalized spacial score (nSPS) is 15.8. The first-order valence-corrected chi connectivity index (χ1v) is 7.65. The van der Waals surface area contributed by atoms with Crippen molar-refractivity contribution in [3.8, 4) is 0 Å². The SMILES string of the molecule is O=C(NC1CCN(C(=O)CCCCl)CC1)c1cnccn1. The van der Waals surface area contributed by atoms with E-state index in [2.05, 4.69) is 15.3 Å². The summed E-state index contributed by atoms with van der Waals surface area (Å²) < 4.78 is 0. The zero-order chi connectivity index (χ0) is 15.1. The standard InChI is InChI=1S/C14H19ClN4O2/c15-5-1-2-13(20)19-8-3-11(4-9-19)18-14(21)12-10-16-6-7-17-12/h6-7,10-11H,1-5,8-9H2,(H,18,21). The van der Waals surface area contributed by atoms with Crippen molar-refractivity contribution in [2.24, 2.45) is 0 Å². The van der Waals surface area contributed by atoms with Crippen molar-refractivity contribution in [1.29, 1.82) is 0 Å². The third kappa shape index (κ3) is 4.67. The number of halogens is 1. The van der Waals surface area contributed by atoms with Crippen molar-refractivity contribution in [3.05, 3.63) is 24.3 Å². The van der Waals surface area contributed by atoms with E-state index in [1.165, 1.54) is 18.6 Å². The lowest BCUT2D eigenvalue weighted by atomic mass is 10.0. The molecular formula is C14H19ClN4O2.